The number of halogens is 1. The smallest absolute Gasteiger partial charge is 0.000637 e. The highest BCUT2D eigenvalue weighted by Gasteiger charge is 2.33. The molecule has 0 aliphatic rings. The van der Waals surface area contributed by atoms with Gasteiger partial charge in [-0.2, -0.15) is 0 Å². The monoisotopic (exact) mass is 389 g/mol. The van der Waals surface area contributed by atoms with E-state index in [2.05, 4.69) is 121 Å². The van der Waals surface area contributed by atoms with Crippen molar-refractivity contribution in [3.8, 4) is 0 Å². The van der Waals surface area contributed by atoms with Crippen LogP contribution < -0.4 is 15.9 Å². The highest BCUT2D eigenvalue weighted by molar-refractivity contribution is 7.95. The van der Waals surface area contributed by atoms with Crippen LogP contribution in [-0.4, -0.2) is 0 Å². The second-order valence-corrected chi connectivity index (χ2v) is 9.95. The quantitative estimate of drug-likeness (QED) is 0.389. The number of rotatable bonds is 5. The van der Waals surface area contributed by atoms with Crippen molar-refractivity contribution < 1.29 is 0 Å². The van der Waals surface area contributed by atoms with Gasteiger partial charge in [0.25, 0.3) is 0 Å². The van der Waals surface area contributed by atoms with Gasteiger partial charge in [0.2, 0.25) is 0 Å². The summed E-state index contributed by atoms with van der Waals surface area (Å²) in [5.74, 6) is 0. The molecule has 0 N–H and O–H groups in total. The van der Waals surface area contributed by atoms with Gasteiger partial charge in [-0.05, 0) is 28.7 Å². The lowest BCUT2D eigenvalue weighted by atomic mass is 10.2. The Labute approximate surface area is 168 Å². The summed E-state index contributed by atoms with van der Waals surface area (Å²) in [7, 11) is -1.78. The normalized spacial score (nSPS) is 10.8. The first-order chi connectivity index (χ1) is 12.9. The van der Waals surface area contributed by atoms with Crippen molar-refractivity contribution in [1.29, 1.82) is 0 Å². The van der Waals surface area contributed by atoms with Crippen LogP contribution in [0.3, 0.4) is 0 Å². The number of benzene rings is 4. The molecule has 0 nitrogen and oxygen atoms in total. The maximum Gasteiger partial charge on any atom is 0.000637 e. The van der Waals surface area contributed by atoms with Gasteiger partial charge in [-0.1, -0.05) is 121 Å². The van der Waals surface area contributed by atoms with E-state index >= 15 is 0 Å². The largest absolute Gasteiger partial charge is 0.147 e. The van der Waals surface area contributed by atoms with Gasteiger partial charge in [0.05, 0.1) is 0 Å². The molecule has 0 bridgehead atoms. The predicted molar refractivity (Wildman–Crippen MR) is 123 cm³/mol. The lowest BCUT2D eigenvalue weighted by Crippen LogP contribution is -2.32. The summed E-state index contributed by atoms with van der Waals surface area (Å²) >= 11 is 0. The van der Waals surface area contributed by atoms with Gasteiger partial charge >= 0.3 is 0 Å². The lowest BCUT2D eigenvalue weighted by molar-refractivity contribution is 1.39. The summed E-state index contributed by atoms with van der Waals surface area (Å²) in [6.07, 6.45) is 1.03. The third kappa shape index (κ3) is 3.98. The number of hydrogen-bond acceptors (Lipinski definition) is 0. The van der Waals surface area contributed by atoms with E-state index in [0.29, 0.717) is 0 Å². The van der Waals surface area contributed by atoms with Gasteiger partial charge < -0.3 is 0 Å². The Morgan fingerprint density at radius 3 is 1.04 bits per heavy atom. The maximum absolute atomic E-state index is 2.30. The van der Waals surface area contributed by atoms with Gasteiger partial charge in [-0.3, -0.25) is 0 Å². The molecule has 0 heterocycles. The summed E-state index contributed by atoms with van der Waals surface area (Å²) < 4.78 is 0. The Morgan fingerprint density at radius 1 is 0.407 bits per heavy atom. The van der Waals surface area contributed by atoms with Crippen LogP contribution in [0.25, 0.3) is 0 Å². The second-order valence-electron chi connectivity index (χ2n) is 6.46. The van der Waals surface area contributed by atoms with Crippen molar-refractivity contribution in [3.63, 3.8) is 0 Å². The Morgan fingerprint density at radius 2 is 0.704 bits per heavy atom. The van der Waals surface area contributed by atoms with E-state index in [1.54, 1.807) is 0 Å². The van der Waals surface area contributed by atoms with Crippen LogP contribution in [0.5, 0.6) is 0 Å². The zero-order chi connectivity index (χ0) is 17.7. The van der Waals surface area contributed by atoms with Gasteiger partial charge in [0, 0.05) is 6.16 Å². The first kappa shape index (κ1) is 19.4. The van der Waals surface area contributed by atoms with E-state index in [4.69, 9.17) is 0 Å². The minimum Gasteiger partial charge on any atom is -0.147 e. The molecule has 1 radical (unpaired) electrons. The first-order valence-electron chi connectivity index (χ1n) is 8.98. The summed E-state index contributed by atoms with van der Waals surface area (Å²) in [5, 5.41) is 4.30. The zero-order valence-electron chi connectivity index (χ0n) is 15.1. The van der Waals surface area contributed by atoms with Gasteiger partial charge in [-0.25, -0.2) is 0 Å². The first-order valence-corrected chi connectivity index (χ1v) is 11.0. The fraction of sp³-hybridized carbons (Fsp3) is 0.0400. The molecule has 4 aromatic rings. The fourth-order valence-corrected chi connectivity index (χ4v) is 7.87. The van der Waals surface area contributed by atoms with Crippen LogP contribution in [0.15, 0.2) is 121 Å². The van der Waals surface area contributed by atoms with Gasteiger partial charge in [0.1, 0.15) is 0 Å². The van der Waals surface area contributed by atoms with Crippen molar-refractivity contribution in [1.82, 2.24) is 0 Å². The van der Waals surface area contributed by atoms with Crippen LogP contribution in [0.1, 0.15) is 5.56 Å². The number of hydrogen-bond donors (Lipinski definition) is 0. The average molecular weight is 390 g/mol. The van der Waals surface area contributed by atoms with Crippen molar-refractivity contribution in [2.75, 3.05) is 0 Å². The minimum absolute atomic E-state index is 0. The molecular formula is C25H23ClP. The van der Waals surface area contributed by atoms with Crippen LogP contribution in [0, 0.1) is 0 Å². The minimum atomic E-state index is -1.78. The molecule has 4 rings (SSSR count). The van der Waals surface area contributed by atoms with Crippen molar-refractivity contribution in [2.24, 2.45) is 0 Å². The van der Waals surface area contributed by atoms with Crippen LogP contribution in [0.2, 0.25) is 0 Å². The Kier molecular flexibility index (Phi) is 6.45. The molecular weight excluding hydrogens is 367 g/mol. The molecule has 0 unspecified atom stereocenters. The molecule has 27 heavy (non-hydrogen) atoms. The Balaban J connectivity index is 0.00000210. The average Bonchev–Trinajstić information content (AvgIpc) is 2.75. The molecule has 4 aromatic carbocycles. The third-order valence-corrected chi connectivity index (χ3v) is 9.23. The van der Waals surface area contributed by atoms with E-state index in [1.165, 1.54) is 21.5 Å². The summed E-state index contributed by atoms with van der Waals surface area (Å²) in [4.78, 5) is 0. The lowest BCUT2D eigenvalue weighted by Gasteiger charge is -2.38. The molecule has 0 aliphatic carbocycles. The highest BCUT2D eigenvalue weighted by atomic mass is 35.5. The third-order valence-electron chi connectivity index (χ3n) is 4.85. The van der Waals surface area contributed by atoms with Gasteiger partial charge in [-0.15, -0.1) is 12.4 Å². The molecule has 0 aliphatic heterocycles. The zero-order valence-corrected chi connectivity index (χ0v) is 16.8. The predicted octanol–water partition coefficient (Wildman–Crippen LogP) is 5.60. The van der Waals surface area contributed by atoms with Gasteiger partial charge in [0.15, 0.2) is 0 Å². The molecule has 0 spiro atoms. The van der Waals surface area contributed by atoms with E-state index in [1.807, 2.05) is 0 Å². The molecule has 0 atom stereocenters. The Bertz CT molecular complexity index is 842. The molecule has 0 amide bonds. The topological polar surface area (TPSA) is 0 Å². The Hall–Kier alpha value is -2.40. The summed E-state index contributed by atoms with van der Waals surface area (Å²) in [6.45, 7) is 0. The van der Waals surface area contributed by atoms with E-state index in [-0.39, 0.29) is 12.4 Å². The van der Waals surface area contributed by atoms with E-state index < -0.39 is 7.26 Å². The summed E-state index contributed by atoms with van der Waals surface area (Å²) in [5.41, 5.74) is 1.39. The molecule has 0 aromatic heterocycles. The van der Waals surface area contributed by atoms with Crippen molar-refractivity contribution in [3.05, 3.63) is 127 Å². The van der Waals surface area contributed by atoms with Crippen molar-refractivity contribution >= 4 is 35.6 Å². The molecule has 0 fully saturated rings. The SMILES string of the molecule is Cl.c1ccc(C[P](c2ccccc2)(c2ccccc2)c2ccccc2)cc1. The van der Waals surface area contributed by atoms with E-state index in [9.17, 15) is 0 Å². The maximum atomic E-state index is 2.30. The molecule has 0 saturated carbocycles. The fourth-order valence-electron chi connectivity index (χ4n) is 3.63. The van der Waals surface area contributed by atoms with Crippen molar-refractivity contribution in [2.45, 2.75) is 6.16 Å². The molecule has 2 heteroatoms. The summed E-state index contributed by atoms with van der Waals surface area (Å²) in [6, 6.07) is 44.0. The molecule has 135 valence electrons. The highest BCUT2D eigenvalue weighted by Crippen LogP contribution is 2.58. The van der Waals surface area contributed by atoms with Crippen LogP contribution in [-0.2, 0) is 6.16 Å². The second kappa shape index (κ2) is 9.00. The molecule has 0 saturated heterocycles. The van der Waals surface area contributed by atoms with E-state index in [0.717, 1.165) is 6.16 Å². The van der Waals surface area contributed by atoms with Crippen LogP contribution in [0.4, 0.5) is 0 Å². The standard InChI is InChI=1S/C25H22P.ClH/c1-5-13-22(14-6-1)21-26(23-15-7-2-8-16-23,24-17-9-3-10-18-24)25-19-11-4-12-20-25;/h1-20H,21H2;1H. The van der Waals surface area contributed by atoms with Crippen LogP contribution >= 0.6 is 19.7 Å².